The second-order valence-corrected chi connectivity index (χ2v) is 11.9. The molecule has 6 rings (SSSR count). The Labute approximate surface area is 181 Å². The van der Waals surface area contributed by atoms with Crippen LogP contribution in [0.25, 0.3) is 0 Å². The van der Waals surface area contributed by atoms with E-state index in [-0.39, 0.29) is 5.78 Å². The van der Waals surface area contributed by atoms with Crippen molar-refractivity contribution in [2.45, 2.75) is 74.4 Å². The third-order valence-corrected chi connectivity index (χ3v) is 9.99. The Balaban J connectivity index is 1.36. The minimum Gasteiger partial charge on any atom is -0.298 e. The first-order valence-electron chi connectivity index (χ1n) is 11.3. The zero-order valence-corrected chi connectivity index (χ0v) is 18.1. The van der Waals surface area contributed by atoms with Crippen LogP contribution in [0.2, 0.25) is 0 Å². The van der Waals surface area contributed by atoms with E-state index < -0.39 is 32.2 Å². The number of sulfonamides is 1. The summed E-state index contributed by atoms with van der Waals surface area (Å²) < 4.78 is 68.6. The van der Waals surface area contributed by atoms with Crippen LogP contribution in [0.15, 0.2) is 29.2 Å². The smallest absolute Gasteiger partial charge is 0.298 e. The van der Waals surface area contributed by atoms with E-state index in [1.54, 1.807) is 0 Å². The number of alkyl halides is 3. The van der Waals surface area contributed by atoms with Crippen LogP contribution in [0.5, 0.6) is 0 Å². The molecule has 4 bridgehead atoms. The number of Topliss-reactive ketones (excluding diaryl/α,β-unsaturated/α-hetero) is 1. The predicted octanol–water partition coefficient (Wildman–Crippen LogP) is 4.94. The summed E-state index contributed by atoms with van der Waals surface area (Å²) in [5.41, 5.74) is -2.46. The van der Waals surface area contributed by atoms with E-state index in [1.165, 1.54) is 44.2 Å². The summed E-state index contributed by atoms with van der Waals surface area (Å²) in [4.78, 5) is 12.6. The molecular weight excluding hydrogens is 427 g/mol. The van der Waals surface area contributed by atoms with Crippen LogP contribution in [0, 0.1) is 29.6 Å². The Kier molecular flexibility index (Phi) is 5.05. The van der Waals surface area contributed by atoms with Gasteiger partial charge in [0.15, 0.2) is 5.78 Å². The lowest BCUT2D eigenvalue weighted by molar-refractivity contribution is -0.139. The molecule has 0 amide bonds. The summed E-state index contributed by atoms with van der Waals surface area (Å²) >= 11 is 0. The molecule has 0 radical (unpaired) electrons. The Morgan fingerprint density at radius 2 is 1.58 bits per heavy atom. The highest BCUT2D eigenvalue weighted by atomic mass is 32.2. The average Bonchev–Trinajstić information content (AvgIpc) is 2.66. The molecule has 1 N–H and O–H groups in total. The summed E-state index contributed by atoms with van der Waals surface area (Å²) in [5.74, 6) is 2.81. The summed E-state index contributed by atoms with van der Waals surface area (Å²) in [5, 5.41) is 0. The van der Waals surface area contributed by atoms with Gasteiger partial charge < -0.3 is 0 Å². The Morgan fingerprint density at radius 1 is 1.00 bits per heavy atom. The van der Waals surface area contributed by atoms with Gasteiger partial charge in [0.2, 0.25) is 10.0 Å². The molecule has 1 aromatic carbocycles. The maximum atomic E-state index is 13.4. The fourth-order valence-electron chi connectivity index (χ4n) is 7.00. The highest BCUT2D eigenvalue weighted by molar-refractivity contribution is 7.89. The van der Waals surface area contributed by atoms with E-state index in [0.717, 1.165) is 24.0 Å². The zero-order chi connectivity index (χ0) is 22.0. The molecule has 0 aromatic heterocycles. The monoisotopic (exact) mass is 455 g/mol. The number of halogens is 3. The van der Waals surface area contributed by atoms with E-state index >= 15 is 0 Å². The molecule has 5 aliphatic carbocycles. The molecule has 5 aliphatic rings. The third kappa shape index (κ3) is 3.73. The minimum absolute atomic E-state index is 0.135. The predicted molar refractivity (Wildman–Crippen MR) is 109 cm³/mol. The van der Waals surface area contributed by atoms with Crippen LogP contribution in [-0.4, -0.2) is 19.7 Å². The first-order valence-corrected chi connectivity index (χ1v) is 12.8. The van der Waals surface area contributed by atoms with Crippen molar-refractivity contribution in [3.05, 3.63) is 29.8 Å². The molecule has 0 spiro atoms. The van der Waals surface area contributed by atoms with Gasteiger partial charge in [-0.25, -0.2) is 8.42 Å². The quantitative estimate of drug-likeness (QED) is 0.661. The number of hydrogen-bond donors (Lipinski definition) is 1. The molecule has 31 heavy (non-hydrogen) atoms. The molecule has 4 nitrogen and oxygen atoms in total. The fraction of sp³-hybridized carbons (Fsp3) is 0.696. The Morgan fingerprint density at radius 3 is 2.10 bits per heavy atom. The number of carbonyl (C=O) groups is 1. The van der Waals surface area contributed by atoms with Crippen molar-refractivity contribution in [1.82, 2.24) is 4.72 Å². The van der Waals surface area contributed by atoms with Gasteiger partial charge >= 0.3 is 6.18 Å². The average molecular weight is 456 g/mol. The van der Waals surface area contributed by atoms with Gasteiger partial charge in [0.25, 0.3) is 0 Å². The van der Waals surface area contributed by atoms with Crippen LogP contribution in [0.4, 0.5) is 13.2 Å². The van der Waals surface area contributed by atoms with Crippen LogP contribution < -0.4 is 4.72 Å². The molecule has 170 valence electrons. The lowest BCUT2D eigenvalue weighted by Gasteiger charge is -2.55. The molecule has 5 fully saturated rings. The maximum absolute atomic E-state index is 13.4. The van der Waals surface area contributed by atoms with E-state index in [1.807, 2.05) is 0 Å². The number of hydrogen-bond acceptors (Lipinski definition) is 3. The topological polar surface area (TPSA) is 63.2 Å². The van der Waals surface area contributed by atoms with Crippen molar-refractivity contribution in [1.29, 1.82) is 0 Å². The number of rotatable bonds is 6. The van der Waals surface area contributed by atoms with E-state index in [2.05, 4.69) is 4.72 Å². The highest BCUT2D eigenvalue weighted by Gasteiger charge is 2.53. The van der Waals surface area contributed by atoms with Crippen molar-refractivity contribution in [2.75, 3.05) is 0 Å². The van der Waals surface area contributed by atoms with E-state index in [0.29, 0.717) is 43.4 Å². The third-order valence-electron chi connectivity index (χ3n) is 8.40. The lowest BCUT2D eigenvalue weighted by atomic mass is 9.50. The Bertz CT molecular complexity index is 956. The number of carbonyl (C=O) groups excluding carboxylic acids is 1. The van der Waals surface area contributed by atoms with Crippen LogP contribution in [-0.2, 0) is 21.0 Å². The largest absolute Gasteiger partial charge is 0.417 e. The number of benzene rings is 1. The first kappa shape index (κ1) is 21.4. The van der Waals surface area contributed by atoms with Gasteiger partial charge in [-0.2, -0.15) is 17.9 Å². The van der Waals surface area contributed by atoms with Gasteiger partial charge in [-0.3, -0.25) is 4.79 Å². The van der Waals surface area contributed by atoms with Crippen molar-refractivity contribution >= 4 is 15.8 Å². The van der Waals surface area contributed by atoms with Gasteiger partial charge in [-0.1, -0.05) is 12.1 Å². The van der Waals surface area contributed by atoms with Crippen LogP contribution in [0.3, 0.4) is 0 Å². The fourth-order valence-corrected chi connectivity index (χ4v) is 8.67. The molecule has 0 aliphatic heterocycles. The SMILES string of the molecule is O=C(CC1C2CC3CC(C2)CC1C3)C1(NS(=O)(=O)c2ccccc2C(F)(F)F)CCC1. The maximum Gasteiger partial charge on any atom is 0.417 e. The van der Waals surface area contributed by atoms with Crippen LogP contribution >= 0.6 is 0 Å². The van der Waals surface area contributed by atoms with Crippen molar-refractivity contribution < 1.29 is 26.4 Å². The molecule has 8 heteroatoms. The molecule has 0 heterocycles. The summed E-state index contributed by atoms with van der Waals surface area (Å²) in [6, 6.07) is 4.16. The van der Waals surface area contributed by atoms with Crippen molar-refractivity contribution in [3.8, 4) is 0 Å². The highest BCUT2D eigenvalue weighted by Crippen LogP contribution is 2.58. The first-order chi connectivity index (χ1) is 14.6. The lowest BCUT2D eigenvalue weighted by Crippen LogP contribution is -2.60. The molecule has 5 saturated carbocycles. The van der Waals surface area contributed by atoms with Gasteiger partial charge in [-0.15, -0.1) is 0 Å². The standard InChI is InChI=1S/C23H28F3NO3S/c24-23(25,26)19-4-1-2-5-20(19)31(29,30)27-22(6-3-7-22)21(28)13-18-16-9-14-8-15(11-16)12-17(18)10-14/h1-2,4-5,14-18,27H,3,6-13H2. The van der Waals surface area contributed by atoms with Gasteiger partial charge in [0.05, 0.1) is 16.0 Å². The molecule has 0 unspecified atom stereocenters. The summed E-state index contributed by atoms with van der Waals surface area (Å²) in [7, 11) is -4.49. The Hall–Kier alpha value is -1.41. The van der Waals surface area contributed by atoms with Gasteiger partial charge in [0, 0.05) is 6.42 Å². The molecular formula is C23H28F3NO3S. The summed E-state index contributed by atoms with van der Waals surface area (Å²) in [6.07, 6.45) is 2.95. The van der Waals surface area contributed by atoms with Crippen LogP contribution in [0.1, 0.15) is 63.4 Å². The second kappa shape index (κ2) is 7.30. The second-order valence-electron chi connectivity index (χ2n) is 10.3. The van der Waals surface area contributed by atoms with Crippen molar-refractivity contribution in [3.63, 3.8) is 0 Å². The van der Waals surface area contributed by atoms with Gasteiger partial charge in [-0.05, 0) is 93.1 Å². The molecule has 0 saturated heterocycles. The van der Waals surface area contributed by atoms with Gasteiger partial charge in [0.1, 0.15) is 0 Å². The number of ketones is 1. The normalized spacial score (nSPS) is 33.8. The van der Waals surface area contributed by atoms with E-state index in [9.17, 15) is 26.4 Å². The van der Waals surface area contributed by atoms with E-state index in [4.69, 9.17) is 0 Å². The summed E-state index contributed by atoms with van der Waals surface area (Å²) in [6.45, 7) is 0. The zero-order valence-electron chi connectivity index (χ0n) is 17.3. The minimum atomic E-state index is -4.79. The van der Waals surface area contributed by atoms with Crippen molar-refractivity contribution in [2.24, 2.45) is 29.6 Å². The molecule has 1 aromatic rings. The number of nitrogens with one attached hydrogen (secondary N) is 1. The molecule has 0 atom stereocenters.